The third-order valence-electron chi connectivity index (χ3n) is 6.68. The molecule has 0 radical (unpaired) electrons. The Kier molecular flexibility index (Phi) is 3.98. The van der Waals surface area contributed by atoms with Gasteiger partial charge < -0.3 is 4.90 Å². The lowest BCUT2D eigenvalue weighted by Crippen LogP contribution is -2.19. The van der Waals surface area contributed by atoms with Gasteiger partial charge in [0, 0.05) is 19.8 Å². The van der Waals surface area contributed by atoms with Gasteiger partial charge in [-0.05, 0) is 76.1 Å². The minimum atomic E-state index is 0.241. The summed E-state index contributed by atoms with van der Waals surface area (Å²) in [5, 5.41) is 2.80. The van der Waals surface area contributed by atoms with E-state index in [2.05, 4.69) is 84.8 Å². The van der Waals surface area contributed by atoms with Crippen LogP contribution in [0.4, 0.5) is 5.69 Å². The third kappa shape index (κ3) is 2.62. The second-order valence-corrected chi connectivity index (χ2v) is 9.36. The highest BCUT2D eigenvalue weighted by molar-refractivity contribution is 5.91. The maximum absolute atomic E-state index is 2.49. The predicted octanol–water partition coefficient (Wildman–Crippen LogP) is 6.42. The standard InChI is InChI=1S/C23H33N/c1-15-19-10-9-18(24(7)8)13-17(19)14-20-21(15)16(2)22(3,4)11-12-23(20,5)6/h9-10,13-14,16H,11-12H2,1-8H3. The van der Waals surface area contributed by atoms with Crippen LogP contribution in [-0.2, 0) is 5.41 Å². The van der Waals surface area contributed by atoms with Crippen LogP contribution in [0.3, 0.4) is 0 Å². The molecule has 1 unspecified atom stereocenters. The first-order chi connectivity index (χ1) is 11.0. The quantitative estimate of drug-likeness (QED) is 0.548. The van der Waals surface area contributed by atoms with Gasteiger partial charge in [0.25, 0.3) is 0 Å². The highest BCUT2D eigenvalue weighted by atomic mass is 15.1. The minimum absolute atomic E-state index is 0.241. The molecule has 130 valence electrons. The Morgan fingerprint density at radius 3 is 2.29 bits per heavy atom. The molecular weight excluding hydrogens is 290 g/mol. The molecule has 0 saturated carbocycles. The summed E-state index contributed by atoms with van der Waals surface area (Å²) in [5.41, 5.74) is 6.54. The van der Waals surface area contributed by atoms with Gasteiger partial charge in [-0.15, -0.1) is 0 Å². The largest absolute Gasteiger partial charge is 0.378 e. The van der Waals surface area contributed by atoms with E-state index in [4.69, 9.17) is 0 Å². The first kappa shape index (κ1) is 17.3. The number of nitrogens with zero attached hydrogens (tertiary/aromatic N) is 1. The van der Waals surface area contributed by atoms with Crippen molar-refractivity contribution in [3.8, 4) is 0 Å². The molecule has 2 aromatic rings. The van der Waals surface area contributed by atoms with Crippen molar-refractivity contribution >= 4 is 16.5 Å². The van der Waals surface area contributed by atoms with E-state index in [-0.39, 0.29) is 5.41 Å². The molecule has 1 aliphatic rings. The van der Waals surface area contributed by atoms with Gasteiger partial charge in [-0.3, -0.25) is 0 Å². The SMILES string of the molecule is Cc1c2c(cc3cc(N(C)C)ccc13)C(C)(C)CCC(C)(C)C2C. The average Bonchev–Trinajstić information content (AvgIpc) is 2.57. The van der Waals surface area contributed by atoms with Crippen LogP contribution in [0.15, 0.2) is 24.3 Å². The van der Waals surface area contributed by atoms with Crippen LogP contribution in [-0.4, -0.2) is 14.1 Å². The van der Waals surface area contributed by atoms with E-state index >= 15 is 0 Å². The van der Waals surface area contributed by atoms with Gasteiger partial charge in [0.2, 0.25) is 0 Å². The molecule has 0 aromatic heterocycles. The van der Waals surface area contributed by atoms with E-state index in [0.717, 1.165) is 0 Å². The fraction of sp³-hybridized carbons (Fsp3) is 0.565. The fourth-order valence-corrected chi connectivity index (χ4v) is 4.36. The van der Waals surface area contributed by atoms with Crippen LogP contribution in [0, 0.1) is 12.3 Å². The van der Waals surface area contributed by atoms with Crippen molar-refractivity contribution in [3.05, 3.63) is 41.0 Å². The van der Waals surface area contributed by atoms with Gasteiger partial charge in [0.15, 0.2) is 0 Å². The van der Waals surface area contributed by atoms with Crippen molar-refractivity contribution in [1.29, 1.82) is 0 Å². The van der Waals surface area contributed by atoms with Crippen LogP contribution in [0.1, 0.15) is 70.1 Å². The van der Waals surface area contributed by atoms with Gasteiger partial charge >= 0.3 is 0 Å². The zero-order valence-corrected chi connectivity index (χ0v) is 16.7. The highest BCUT2D eigenvalue weighted by Crippen LogP contribution is 2.51. The van der Waals surface area contributed by atoms with E-state index in [1.807, 2.05) is 0 Å². The Labute approximate surface area is 148 Å². The summed E-state index contributed by atoms with van der Waals surface area (Å²) in [7, 11) is 4.23. The number of hydrogen-bond acceptors (Lipinski definition) is 1. The number of fused-ring (bicyclic) bond motifs is 2. The second kappa shape index (κ2) is 5.51. The Morgan fingerprint density at radius 2 is 1.67 bits per heavy atom. The molecule has 3 rings (SSSR count). The summed E-state index contributed by atoms with van der Waals surface area (Å²) in [5.74, 6) is 0.590. The molecule has 0 bridgehead atoms. The number of rotatable bonds is 1. The van der Waals surface area contributed by atoms with E-state index in [1.165, 1.54) is 34.9 Å². The number of hydrogen-bond donors (Lipinski definition) is 0. The average molecular weight is 324 g/mol. The van der Waals surface area contributed by atoms with Crippen LogP contribution >= 0.6 is 0 Å². The number of aryl methyl sites for hydroxylation is 1. The molecule has 1 nitrogen and oxygen atoms in total. The first-order valence-electron chi connectivity index (χ1n) is 9.30. The lowest BCUT2D eigenvalue weighted by molar-refractivity contribution is 0.261. The predicted molar refractivity (Wildman–Crippen MR) is 107 cm³/mol. The van der Waals surface area contributed by atoms with Crippen molar-refractivity contribution < 1.29 is 0 Å². The van der Waals surface area contributed by atoms with E-state index in [1.54, 1.807) is 11.1 Å². The Bertz CT molecular complexity index is 780. The van der Waals surface area contributed by atoms with Gasteiger partial charge in [0.1, 0.15) is 0 Å². The lowest BCUT2D eigenvalue weighted by atomic mass is 9.72. The lowest BCUT2D eigenvalue weighted by Gasteiger charge is -2.32. The van der Waals surface area contributed by atoms with Crippen molar-refractivity contribution in [2.24, 2.45) is 5.41 Å². The zero-order chi connectivity index (χ0) is 17.9. The summed E-state index contributed by atoms with van der Waals surface area (Å²) in [6, 6.07) is 9.40. The van der Waals surface area contributed by atoms with E-state index < -0.39 is 0 Å². The monoisotopic (exact) mass is 323 g/mol. The molecule has 0 N–H and O–H groups in total. The molecule has 0 saturated heterocycles. The third-order valence-corrected chi connectivity index (χ3v) is 6.68. The molecular formula is C23H33N. The minimum Gasteiger partial charge on any atom is -0.378 e. The maximum atomic E-state index is 2.49. The molecule has 2 aromatic carbocycles. The van der Waals surface area contributed by atoms with Crippen LogP contribution in [0.25, 0.3) is 10.8 Å². The smallest absolute Gasteiger partial charge is 0.0367 e. The second-order valence-electron chi connectivity index (χ2n) is 9.36. The maximum Gasteiger partial charge on any atom is 0.0367 e. The number of benzene rings is 2. The zero-order valence-electron chi connectivity index (χ0n) is 16.7. The fourth-order valence-electron chi connectivity index (χ4n) is 4.36. The first-order valence-corrected chi connectivity index (χ1v) is 9.30. The molecule has 0 heterocycles. The van der Waals surface area contributed by atoms with E-state index in [9.17, 15) is 0 Å². The van der Waals surface area contributed by atoms with Gasteiger partial charge in [-0.2, -0.15) is 0 Å². The number of anilines is 1. The molecule has 0 spiro atoms. The van der Waals surface area contributed by atoms with Crippen molar-refractivity contribution in [2.75, 3.05) is 19.0 Å². The molecule has 0 aliphatic heterocycles. The summed E-state index contributed by atoms with van der Waals surface area (Å²) < 4.78 is 0. The molecule has 1 heteroatoms. The molecule has 24 heavy (non-hydrogen) atoms. The van der Waals surface area contributed by atoms with Crippen molar-refractivity contribution in [1.82, 2.24) is 0 Å². The van der Waals surface area contributed by atoms with Crippen molar-refractivity contribution in [3.63, 3.8) is 0 Å². The highest BCUT2D eigenvalue weighted by Gasteiger charge is 2.38. The summed E-state index contributed by atoms with van der Waals surface area (Å²) in [6.07, 6.45) is 2.55. The Morgan fingerprint density at radius 1 is 1.00 bits per heavy atom. The topological polar surface area (TPSA) is 3.24 Å². The molecule has 0 fully saturated rings. The van der Waals surface area contributed by atoms with Gasteiger partial charge in [0.05, 0.1) is 0 Å². The van der Waals surface area contributed by atoms with Crippen LogP contribution in [0.2, 0.25) is 0 Å². The van der Waals surface area contributed by atoms with Crippen LogP contribution < -0.4 is 4.90 Å². The summed E-state index contributed by atoms with van der Waals surface area (Å²) in [6.45, 7) is 14.5. The Hall–Kier alpha value is -1.50. The Balaban J connectivity index is 2.36. The van der Waals surface area contributed by atoms with Crippen LogP contribution in [0.5, 0.6) is 0 Å². The van der Waals surface area contributed by atoms with Crippen molar-refractivity contribution in [2.45, 2.75) is 65.7 Å². The molecule has 0 amide bonds. The molecule has 1 atom stereocenters. The normalized spacial score (nSPS) is 22.1. The van der Waals surface area contributed by atoms with Gasteiger partial charge in [-0.25, -0.2) is 0 Å². The molecule has 1 aliphatic carbocycles. The summed E-state index contributed by atoms with van der Waals surface area (Å²) in [4.78, 5) is 2.19. The summed E-state index contributed by atoms with van der Waals surface area (Å²) >= 11 is 0. The van der Waals surface area contributed by atoms with Gasteiger partial charge in [-0.1, -0.05) is 46.8 Å². The van der Waals surface area contributed by atoms with E-state index in [0.29, 0.717) is 11.3 Å².